The van der Waals surface area contributed by atoms with E-state index in [1.807, 2.05) is 29.2 Å². The molecule has 0 spiro atoms. The Morgan fingerprint density at radius 3 is 2.48 bits per heavy atom. The van der Waals surface area contributed by atoms with Crippen LogP contribution in [0.4, 0.5) is 0 Å². The number of ether oxygens (including phenoxy) is 1. The average Bonchev–Trinajstić information content (AvgIpc) is 3.49. The number of nitrogens with zero attached hydrogens (tertiary/aromatic N) is 5. The number of amides is 1. The second kappa shape index (κ2) is 7.23. The third-order valence-corrected chi connectivity index (χ3v) is 5.34. The molecule has 0 atom stereocenters. The molecule has 1 aliphatic carbocycles. The Kier molecular flexibility index (Phi) is 4.73. The fourth-order valence-corrected chi connectivity index (χ4v) is 3.49. The van der Waals surface area contributed by atoms with E-state index in [1.165, 1.54) is 22.5 Å². The van der Waals surface area contributed by atoms with Gasteiger partial charge in [-0.1, -0.05) is 12.1 Å². The maximum atomic E-state index is 13.1. The van der Waals surface area contributed by atoms with Crippen LogP contribution in [0.3, 0.4) is 0 Å². The van der Waals surface area contributed by atoms with Gasteiger partial charge in [0.2, 0.25) is 5.91 Å². The van der Waals surface area contributed by atoms with Crippen molar-refractivity contribution in [2.24, 2.45) is 14.1 Å². The SMILES string of the molecule is COc1ccc(CN(C(=O)Cn2cnc3c2c(=O)n(C)c(=O)n3C)C2CC2)cc1. The van der Waals surface area contributed by atoms with E-state index in [4.69, 9.17) is 4.74 Å². The molecule has 2 heterocycles. The molecule has 0 bridgehead atoms. The molecular formula is C20H23N5O4. The summed E-state index contributed by atoms with van der Waals surface area (Å²) in [5.74, 6) is 0.683. The van der Waals surface area contributed by atoms with E-state index in [0.29, 0.717) is 6.54 Å². The second-order valence-electron chi connectivity index (χ2n) is 7.35. The normalized spacial score (nSPS) is 13.6. The van der Waals surface area contributed by atoms with Gasteiger partial charge >= 0.3 is 5.69 Å². The molecule has 4 rings (SSSR count). The van der Waals surface area contributed by atoms with Gasteiger partial charge in [-0.25, -0.2) is 9.78 Å². The lowest BCUT2D eigenvalue weighted by Crippen LogP contribution is -2.39. The molecule has 1 aromatic carbocycles. The number of aryl methyl sites for hydroxylation is 1. The van der Waals surface area contributed by atoms with Crippen LogP contribution in [-0.2, 0) is 32.0 Å². The lowest BCUT2D eigenvalue weighted by Gasteiger charge is -2.23. The first kappa shape index (κ1) is 19.0. The summed E-state index contributed by atoms with van der Waals surface area (Å²) in [5, 5.41) is 0. The van der Waals surface area contributed by atoms with Gasteiger partial charge in [-0.3, -0.25) is 18.7 Å². The number of benzene rings is 1. The fraction of sp³-hybridized carbons (Fsp3) is 0.400. The van der Waals surface area contributed by atoms with Crippen LogP contribution in [0.1, 0.15) is 18.4 Å². The monoisotopic (exact) mass is 397 g/mol. The predicted molar refractivity (Wildman–Crippen MR) is 107 cm³/mol. The molecule has 29 heavy (non-hydrogen) atoms. The summed E-state index contributed by atoms with van der Waals surface area (Å²) in [4.78, 5) is 43.8. The fourth-order valence-electron chi connectivity index (χ4n) is 3.49. The van der Waals surface area contributed by atoms with Gasteiger partial charge in [0, 0.05) is 26.7 Å². The van der Waals surface area contributed by atoms with Gasteiger partial charge in [0.25, 0.3) is 5.56 Å². The first-order valence-electron chi connectivity index (χ1n) is 9.44. The number of rotatable bonds is 6. The Morgan fingerprint density at radius 2 is 1.86 bits per heavy atom. The van der Waals surface area contributed by atoms with Crippen LogP contribution in [0.2, 0.25) is 0 Å². The number of imidazole rings is 1. The van der Waals surface area contributed by atoms with E-state index in [2.05, 4.69) is 4.98 Å². The number of carbonyl (C=O) groups excluding carboxylic acids is 1. The quantitative estimate of drug-likeness (QED) is 0.609. The van der Waals surface area contributed by atoms with Gasteiger partial charge in [0.05, 0.1) is 13.4 Å². The highest BCUT2D eigenvalue weighted by Crippen LogP contribution is 2.29. The number of aromatic nitrogens is 4. The molecule has 2 aromatic heterocycles. The van der Waals surface area contributed by atoms with E-state index in [0.717, 1.165) is 28.7 Å². The summed E-state index contributed by atoms with van der Waals surface area (Å²) in [7, 11) is 4.59. The molecule has 1 fully saturated rings. The summed E-state index contributed by atoms with van der Waals surface area (Å²) in [5.41, 5.74) is 0.640. The Balaban J connectivity index is 1.62. The van der Waals surface area contributed by atoms with E-state index in [9.17, 15) is 14.4 Å². The third-order valence-electron chi connectivity index (χ3n) is 5.34. The smallest absolute Gasteiger partial charge is 0.332 e. The van der Waals surface area contributed by atoms with Crippen LogP contribution in [0.5, 0.6) is 5.75 Å². The zero-order chi connectivity index (χ0) is 20.7. The lowest BCUT2D eigenvalue weighted by molar-refractivity contribution is -0.133. The number of methoxy groups -OCH3 is 1. The Morgan fingerprint density at radius 1 is 1.17 bits per heavy atom. The van der Waals surface area contributed by atoms with Crippen molar-refractivity contribution < 1.29 is 9.53 Å². The predicted octanol–water partition coefficient (Wildman–Crippen LogP) is 0.634. The second-order valence-corrected chi connectivity index (χ2v) is 7.35. The molecule has 0 unspecified atom stereocenters. The van der Waals surface area contributed by atoms with Crippen molar-refractivity contribution in [2.45, 2.75) is 32.0 Å². The van der Waals surface area contributed by atoms with Crippen LogP contribution in [-0.4, -0.2) is 42.6 Å². The molecule has 0 radical (unpaired) electrons. The Hall–Kier alpha value is -3.36. The maximum absolute atomic E-state index is 13.1. The van der Waals surface area contributed by atoms with Crippen LogP contribution in [0, 0.1) is 0 Å². The number of fused-ring (bicyclic) bond motifs is 1. The van der Waals surface area contributed by atoms with Crippen LogP contribution < -0.4 is 16.0 Å². The summed E-state index contributed by atoms with van der Waals surface area (Å²) in [6, 6.07) is 7.85. The van der Waals surface area contributed by atoms with Crippen molar-refractivity contribution in [2.75, 3.05) is 7.11 Å². The minimum absolute atomic E-state index is 0.00337. The summed E-state index contributed by atoms with van der Waals surface area (Å²) in [6.07, 6.45) is 3.40. The molecule has 3 aromatic rings. The molecule has 1 aliphatic rings. The van der Waals surface area contributed by atoms with Crippen LogP contribution >= 0.6 is 0 Å². The molecular weight excluding hydrogens is 374 g/mol. The van der Waals surface area contributed by atoms with Gasteiger partial charge in [-0.05, 0) is 30.5 Å². The van der Waals surface area contributed by atoms with Gasteiger partial charge in [0.1, 0.15) is 12.3 Å². The Bertz CT molecular complexity index is 1180. The van der Waals surface area contributed by atoms with Crippen molar-refractivity contribution in [1.82, 2.24) is 23.6 Å². The van der Waals surface area contributed by atoms with Crippen molar-refractivity contribution in [3.8, 4) is 5.75 Å². The minimum atomic E-state index is -0.457. The summed E-state index contributed by atoms with van der Waals surface area (Å²) >= 11 is 0. The number of hydrogen-bond acceptors (Lipinski definition) is 5. The molecule has 0 saturated heterocycles. The van der Waals surface area contributed by atoms with E-state index >= 15 is 0 Å². The number of hydrogen-bond donors (Lipinski definition) is 0. The number of carbonyl (C=O) groups is 1. The first-order chi connectivity index (χ1) is 13.9. The molecule has 9 heteroatoms. The molecule has 0 aliphatic heterocycles. The molecule has 152 valence electrons. The van der Waals surface area contributed by atoms with Crippen LogP contribution in [0.15, 0.2) is 40.2 Å². The van der Waals surface area contributed by atoms with Gasteiger partial charge < -0.3 is 14.2 Å². The first-order valence-corrected chi connectivity index (χ1v) is 9.44. The third kappa shape index (κ3) is 3.43. The van der Waals surface area contributed by atoms with Gasteiger partial charge in [0.15, 0.2) is 11.2 Å². The van der Waals surface area contributed by atoms with Crippen molar-refractivity contribution in [1.29, 1.82) is 0 Å². The molecule has 0 N–H and O–H groups in total. The average molecular weight is 397 g/mol. The highest BCUT2D eigenvalue weighted by Gasteiger charge is 2.33. The molecule has 9 nitrogen and oxygen atoms in total. The standard InChI is InChI=1S/C20H23N5O4/c1-22-18-17(19(27)23(2)20(22)28)24(12-21-18)11-16(26)25(14-6-7-14)10-13-4-8-15(29-3)9-5-13/h4-5,8-9,12,14H,6-7,10-11H2,1-3H3. The van der Waals surface area contributed by atoms with Crippen molar-refractivity contribution in [3.63, 3.8) is 0 Å². The zero-order valence-corrected chi connectivity index (χ0v) is 16.7. The van der Waals surface area contributed by atoms with Gasteiger partial charge in [-0.2, -0.15) is 0 Å². The van der Waals surface area contributed by atoms with Gasteiger partial charge in [-0.15, -0.1) is 0 Å². The van der Waals surface area contributed by atoms with E-state index in [1.54, 1.807) is 14.2 Å². The maximum Gasteiger partial charge on any atom is 0.332 e. The summed E-state index contributed by atoms with van der Waals surface area (Å²) < 4.78 is 9.06. The van der Waals surface area contributed by atoms with E-state index < -0.39 is 11.2 Å². The van der Waals surface area contributed by atoms with Crippen LogP contribution in [0.25, 0.3) is 11.2 Å². The largest absolute Gasteiger partial charge is 0.497 e. The zero-order valence-electron chi connectivity index (χ0n) is 16.7. The van der Waals surface area contributed by atoms with E-state index in [-0.39, 0.29) is 29.7 Å². The highest BCUT2D eigenvalue weighted by atomic mass is 16.5. The minimum Gasteiger partial charge on any atom is -0.497 e. The molecule has 1 amide bonds. The Labute approximate surface area is 166 Å². The van der Waals surface area contributed by atoms with Crippen molar-refractivity contribution in [3.05, 3.63) is 57.0 Å². The molecule has 1 saturated carbocycles. The highest BCUT2D eigenvalue weighted by molar-refractivity contribution is 5.79. The summed E-state index contributed by atoms with van der Waals surface area (Å²) in [6.45, 7) is 0.493. The lowest BCUT2D eigenvalue weighted by atomic mass is 10.2. The topological polar surface area (TPSA) is 91.4 Å². The van der Waals surface area contributed by atoms with Crippen molar-refractivity contribution >= 4 is 17.1 Å².